The van der Waals surface area contributed by atoms with Gasteiger partial charge in [0.15, 0.2) is 0 Å². The van der Waals surface area contributed by atoms with Gasteiger partial charge in [0.05, 0.1) is 6.10 Å². The first-order valence-corrected chi connectivity index (χ1v) is 8.14. The molecule has 0 fully saturated rings. The summed E-state index contributed by atoms with van der Waals surface area (Å²) >= 11 is 0. The zero-order valence-electron chi connectivity index (χ0n) is 12.7. The smallest absolute Gasteiger partial charge is 0.0537 e. The molecule has 1 atom stereocenters. The van der Waals surface area contributed by atoms with E-state index in [2.05, 4.69) is 19.1 Å². The second-order valence-corrected chi connectivity index (χ2v) is 5.37. The Bertz CT molecular complexity index is 174. The number of unbranched alkanes of at least 4 members (excludes halogenated alkanes) is 8. The summed E-state index contributed by atoms with van der Waals surface area (Å²) in [5, 5.41) is 9.41. The summed E-state index contributed by atoms with van der Waals surface area (Å²) in [5.41, 5.74) is 0. The van der Waals surface area contributed by atoms with E-state index in [1.165, 1.54) is 64.2 Å². The molecule has 1 heteroatoms. The summed E-state index contributed by atoms with van der Waals surface area (Å²) in [4.78, 5) is 0. The van der Waals surface area contributed by atoms with Gasteiger partial charge in [-0.25, -0.2) is 0 Å². The number of rotatable bonds is 13. The van der Waals surface area contributed by atoms with E-state index in [1.54, 1.807) is 0 Å². The molecule has 0 bridgehead atoms. The van der Waals surface area contributed by atoms with Crippen LogP contribution in [-0.2, 0) is 0 Å². The third kappa shape index (κ3) is 13.8. The first-order chi connectivity index (χ1) is 8.81. The standard InChI is InChI=1S/C17H34O/c1-3-5-6-7-8-9-10-11-12-13-14-15-16-17(18)4-2/h10-11,17-18H,3-9,12-16H2,1-2H3. The van der Waals surface area contributed by atoms with Crippen molar-refractivity contribution in [1.29, 1.82) is 0 Å². The molecule has 0 aliphatic heterocycles. The van der Waals surface area contributed by atoms with Crippen molar-refractivity contribution in [2.24, 2.45) is 0 Å². The van der Waals surface area contributed by atoms with E-state index >= 15 is 0 Å². The van der Waals surface area contributed by atoms with E-state index < -0.39 is 0 Å². The zero-order chi connectivity index (χ0) is 13.5. The predicted octanol–water partition coefficient (Wildman–Crippen LogP) is 5.62. The SMILES string of the molecule is CCCCCCCC=CCCCCCC(O)CC. The molecular weight excluding hydrogens is 220 g/mol. The van der Waals surface area contributed by atoms with Crippen LogP contribution in [0.4, 0.5) is 0 Å². The quantitative estimate of drug-likeness (QED) is 0.334. The van der Waals surface area contributed by atoms with E-state index in [0.29, 0.717) is 0 Å². The molecule has 0 radical (unpaired) electrons. The molecule has 0 heterocycles. The fraction of sp³-hybridized carbons (Fsp3) is 0.882. The maximum atomic E-state index is 9.41. The van der Waals surface area contributed by atoms with Crippen LogP contribution in [0, 0.1) is 0 Å². The van der Waals surface area contributed by atoms with Crippen LogP contribution in [0.5, 0.6) is 0 Å². The lowest BCUT2D eigenvalue weighted by molar-refractivity contribution is 0.156. The highest BCUT2D eigenvalue weighted by Crippen LogP contribution is 2.09. The molecule has 1 nitrogen and oxygen atoms in total. The van der Waals surface area contributed by atoms with Gasteiger partial charge in [-0.3, -0.25) is 0 Å². The molecular formula is C17H34O. The van der Waals surface area contributed by atoms with Crippen LogP contribution in [0.3, 0.4) is 0 Å². The molecule has 0 saturated heterocycles. The van der Waals surface area contributed by atoms with E-state index in [0.717, 1.165) is 12.8 Å². The van der Waals surface area contributed by atoms with Gasteiger partial charge in [0, 0.05) is 0 Å². The highest BCUT2D eigenvalue weighted by molar-refractivity contribution is 4.81. The van der Waals surface area contributed by atoms with Crippen molar-refractivity contribution in [2.75, 3.05) is 0 Å². The predicted molar refractivity (Wildman–Crippen MR) is 81.9 cm³/mol. The summed E-state index contributed by atoms with van der Waals surface area (Å²) in [5.74, 6) is 0. The Morgan fingerprint density at radius 2 is 1.33 bits per heavy atom. The molecule has 0 aromatic rings. The summed E-state index contributed by atoms with van der Waals surface area (Å²) in [6.07, 6.45) is 19.6. The molecule has 18 heavy (non-hydrogen) atoms. The highest BCUT2D eigenvalue weighted by Gasteiger charge is 1.98. The van der Waals surface area contributed by atoms with Crippen LogP contribution in [-0.4, -0.2) is 11.2 Å². The normalized spacial score (nSPS) is 13.3. The van der Waals surface area contributed by atoms with E-state index in [1.807, 2.05) is 6.92 Å². The van der Waals surface area contributed by atoms with Crippen LogP contribution in [0.15, 0.2) is 12.2 Å². The average molecular weight is 254 g/mol. The highest BCUT2D eigenvalue weighted by atomic mass is 16.3. The van der Waals surface area contributed by atoms with Gasteiger partial charge in [0.2, 0.25) is 0 Å². The largest absolute Gasteiger partial charge is 0.393 e. The van der Waals surface area contributed by atoms with E-state index in [9.17, 15) is 5.11 Å². The zero-order valence-corrected chi connectivity index (χ0v) is 12.7. The molecule has 1 unspecified atom stereocenters. The molecule has 0 rings (SSSR count). The molecule has 0 aliphatic rings. The third-order valence-corrected chi connectivity index (χ3v) is 3.52. The van der Waals surface area contributed by atoms with Crippen molar-refractivity contribution in [3.8, 4) is 0 Å². The maximum Gasteiger partial charge on any atom is 0.0537 e. The summed E-state index contributed by atoms with van der Waals surface area (Å²) in [7, 11) is 0. The Morgan fingerprint density at radius 1 is 0.778 bits per heavy atom. The van der Waals surface area contributed by atoms with Crippen molar-refractivity contribution in [3.05, 3.63) is 12.2 Å². The lowest BCUT2D eigenvalue weighted by Crippen LogP contribution is -2.03. The first kappa shape index (κ1) is 17.7. The average Bonchev–Trinajstić information content (AvgIpc) is 2.39. The molecule has 0 aromatic carbocycles. The van der Waals surface area contributed by atoms with Crippen molar-refractivity contribution in [1.82, 2.24) is 0 Å². The fourth-order valence-corrected chi connectivity index (χ4v) is 2.12. The van der Waals surface area contributed by atoms with Gasteiger partial charge < -0.3 is 5.11 Å². The molecule has 1 N–H and O–H groups in total. The second kappa shape index (κ2) is 14.8. The van der Waals surface area contributed by atoms with Gasteiger partial charge in [-0.05, 0) is 38.5 Å². The second-order valence-electron chi connectivity index (χ2n) is 5.37. The van der Waals surface area contributed by atoms with Crippen molar-refractivity contribution >= 4 is 0 Å². The minimum Gasteiger partial charge on any atom is -0.393 e. The Hall–Kier alpha value is -0.300. The Balaban J connectivity index is 3.09. The van der Waals surface area contributed by atoms with Gasteiger partial charge in [0.1, 0.15) is 0 Å². The number of allylic oxidation sites excluding steroid dienone is 2. The minimum atomic E-state index is -0.0661. The number of aliphatic hydroxyl groups is 1. The van der Waals surface area contributed by atoms with E-state index in [-0.39, 0.29) is 6.10 Å². The van der Waals surface area contributed by atoms with Crippen LogP contribution < -0.4 is 0 Å². The van der Waals surface area contributed by atoms with Crippen LogP contribution in [0.25, 0.3) is 0 Å². The van der Waals surface area contributed by atoms with Gasteiger partial charge in [0.25, 0.3) is 0 Å². The van der Waals surface area contributed by atoms with E-state index in [4.69, 9.17) is 0 Å². The molecule has 108 valence electrons. The number of aliphatic hydroxyl groups excluding tert-OH is 1. The van der Waals surface area contributed by atoms with Crippen LogP contribution in [0.2, 0.25) is 0 Å². The van der Waals surface area contributed by atoms with Crippen LogP contribution >= 0.6 is 0 Å². The molecule has 0 saturated carbocycles. The van der Waals surface area contributed by atoms with Crippen molar-refractivity contribution in [2.45, 2.75) is 97.0 Å². The number of hydrogen-bond acceptors (Lipinski definition) is 1. The van der Waals surface area contributed by atoms with Gasteiger partial charge in [-0.2, -0.15) is 0 Å². The molecule has 0 aromatic heterocycles. The lowest BCUT2D eigenvalue weighted by atomic mass is 10.1. The lowest BCUT2D eigenvalue weighted by Gasteiger charge is -2.05. The van der Waals surface area contributed by atoms with Gasteiger partial charge in [-0.1, -0.05) is 64.5 Å². The first-order valence-electron chi connectivity index (χ1n) is 8.14. The monoisotopic (exact) mass is 254 g/mol. The molecule has 0 amide bonds. The minimum absolute atomic E-state index is 0.0661. The Morgan fingerprint density at radius 3 is 1.89 bits per heavy atom. The van der Waals surface area contributed by atoms with Crippen molar-refractivity contribution < 1.29 is 5.11 Å². The maximum absolute atomic E-state index is 9.41. The topological polar surface area (TPSA) is 20.2 Å². The summed E-state index contributed by atoms with van der Waals surface area (Å²) in [6, 6.07) is 0. The van der Waals surface area contributed by atoms with Gasteiger partial charge in [-0.15, -0.1) is 0 Å². The van der Waals surface area contributed by atoms with Gasteiger partial charge >= 0.3 is 0 Å². The molecule has 0 spiro atoms. The summed E-state index contributed by atoms with van der Waals surface area (Å²) < 4.78 is 0. The molecule has 0 aliphatic carbocycles. The number of hydrogen-bond donors (Lipinski definition) is 1. The van der Waals surface area contributed by atoms with Crippen molar-refractivity contribution in [3.63, 3.8) is 0 Å². The fourth-order valence-electron chi connectivity index (χ4n) is 2.12. The van der Waals surface area contributed by atoms with Crippen LogP contribution in [0.1, 0.15) is 90.9 Å². The summed E-state index contributed by atoms with van der Waals surface area (Å²) in [6.45, 7) is 4.31. The third-order valence-electron chi connectivity index (χ3n) is 3.52. The Labute approximate surface area is 115 Å². The Kier molecular flexibility index (Phi) is 14.5.